The number of halogens is 2. The first kappa shape index (κ1) is 19.7. The molecule has 0 bridgehead atoms. The van der Waals surface area contributed by atoms with Crippen LogP contribution in [0.25, 0.3) is 0 Å². The van der Waals surface area contributed by atoms with E-state index < -0.39 is 17.5 Å². The van der Waals surface area contributed by atoms with E-state index in [1.54, 1.807) is 26.8 Å². The second-order valence-electron chi connectivity index (χ2n) is 7.27. The fraction of sp³-hybridized carbons (Fsp3) is 0.588. The Labute approximate surface area is 142 Å². The number of hydrogen-bond donors (Lipinski definition) is 3. The van der Waals surface area contributed by atoms with Crippen molar-refractivity contribution >= 4 is 17.6 Å². The first-order valence-corrected chi connectivity index (χ1v) is 8.00. The Bertz CT molecular complexity index is 560. The topological polar surface area (TPSA) is 61.4 Å². The molecule has 130 valence electrons. The lowest BCUT2D eigenvalue weighted by molar-refractivity contribution is 0.128. The Kier molecular flexibility index (Phi) is 6.42. The van der Waals surface area contributed by atoms with E-state index in [1.165, 1.54) is 12.1 Å². The Hall–Kier alpha value is -1.33. The van der Waals surface area contributed by atoms with Gasteiger partial charge in [0.15, 0.2) is 0 Å². The molecule has 1 unspecified atom stereocenters. The van der Waals surface area contributed by atoms with Gasteiger partial charge in [0, 0.05) is 11.6 Å². The van der Waals surface area contributed by atoms with Crippen molar-refractivity contribution in [1.29, 1.82) is 0 Å². The lowest BCUT2D eigenvalue weighted by atomic mass is 9.87. The fourth-order valence-corrected chi connectivity index (χ4v) is 2.99. The van der Waals surface area contributed by atoms with Gasteiger partial charge in [-0.2, -0.15) is 0 Å². The molecule has 0 aliphatic carbocycles. The molecule has 0 fully saturated rings. The van der Waals surface area contributed by atoms with Crippen molar-refractivity contribution < 1.29 is 14.3 Å². The predicted molar refractivity (Wildman–Crippen MR) is 91.0 cm³/mol. The van der Waals surface area contributed by atoms with E-state index >= 15 is 0 Å². The number of rotatable bonds is 6. The van der Waals surface area contributed by atoms with Crippen LogP contribution >= 0.6 is 11.6 Å². The summed E-state index contributed by atoms with van der Waals surface area (Å²) in [5.74, 6) is -0.418. The van der Waals surface area contributed by atoms with Crippen molar-refractivity contribution in [2.75, 3.05) is 6.54 Å². The number of aliphatic hydroxyl groups is 1. The number of carbonyl (C=O) groups is 1. The van der Waals surface area contributed by atoms with Crippen LogP contribution in [0.1, 0.15) is 46.6 Å². The van der Waals surface area contributed by atoms with Gasteiger partial charge in [0.05, 0.1) is 11.6 Å². The third-order valence-electron chi connectivity index (χ3n) is 3.61. The zero-order valence-corrected chi connectivity index (χ0v) is 15.1. The molecule has 0 heterocycles. The number of aliphatic hydroxyl groups excluding tert-OH is 1. The van der Waals surface area contributed by atoms with E-state index in [0.717, 1.165) is 0 Å². The van der Waals surface area contributed by atoms with Crippen molar-refractivity contribution in [3.05, 3.63) is 34.6 Å². The summed E-state index contributed by atoms with van der Waals surface area (Å²) in [6.45, 7) is 9.70. The molecule has 0 aliphatic heterocycles. The molecule has 4 nitrogen and oxygen atoms in total. The van der Waals surface area contributed by atoms with Gasteiger partial charge in [-0.15, -0.1) is 0 Å². The number of nitrogens with one attached hydrogen (secondary N) is 2. The largest absolute Gasteiger partial charge is 0.393 e. The van der Waals surface area contributed by atoms with Crippen LogP contribution in [-0.2, 0) is 5.54 Å². The molecule has 23 heavy (non-hydrogen) atoms. The Morgan fingerprint density at radius 1 is 1.35 bits per heavy atom. The number of urea groups is 1. The van der Waals surface area contributed by atoms with Gasteiger partial charge in [0.1, 0.15) is 5.82 Å². The first-order valence-electron chi connectivity index (χ1n) is 7.62. The zero-order valence-electron chi connectivity index (χ0n) is 14.3. The summed E-state index contributed by atoms with van der Waals surface area (Å²) in [6, 6.07) is 3.77. The Balaban J connectivity index is 2.68. The summed E-state index contributed by atoms with van der Waals surface area (Å²) < 4.78 is 13.1. The Morgan fingerprint density at radius 2 is 1.96 bits per heavy atom. The lowest BCUT2D eigenvalue weighted by Crippen LogP contribution is -2.48. The summed E-state index contributed by atoms with van der Waals surface area (Å²) in [4.78, 5) is 12.1. The fourth-order valence-electron chi connectivity index (χ4n) is 2.58. The minimum Gasteiger partial charge on any atom is -0.393 e. The number of carbonyl (C=O) groups excluding carboxylic acids is 1. The van der Waals surface area contributed by atoms with Gasteiger partial charge in [-0.3, -0.25) is 0 Å². The van der Waals surface area contributed by atoms with Crippen molar-refractivity contribution in [2.45, 2.75) is 52.7 Å². The third kappa shape index (κ3) is 6.36. The second kappa shape index (κ2) is 7.49. The van der Waals surface area contributed by atoms with E-state index in [4.69, 9.17) is 11.6 Å². The number of hydrogen-bond acceptors (Lipinski definition) is 2. The monoisotopic (exact) mass is 344 g/mol. The van der Waals surface area contributed by atoms with Gasteiger partial charge < -0.3 is 15.7 Å². The number of amides is 2. The van der Waals surface area contributed by atoms with Crippen LogP contribution in [-0.4, -0.2) is 23.8 Å². The van der Waals surface area contributed by atoms with E-state index in [0.29, 0.717) is 18.5 Å². The molecule has 3 N–H and O–H groups in total. The summed E-state index contributed by atoms with van der Waals surface area (Å²) in [7, 11) is 0. The Morgan fingerprint density at radius 3 is 2.48 bits per heavy atom. The second-order valence-corrected chi connectivity index (χ2v) is 7.68. The van der Waals surface area contributed by atoms with Crippen LogP contribution in [0.15, 0.2) is 18.2 Å². The molecule has 2 amide bonds. The molecule has 0 spiro atoms. The summed E-state index contributed by atoms with van der Waals surface area (Å²) in [5, 5.41) is 15.4. The molecule has 1 rings (SSSR count). The molecule has 0 saturated carbocycles. The van der Waals surface area contributed by atoms with Gasteiger partial charge >= 0.3 is 6.03 Å². The van der Waals surface area contributed by atoms with Crippen LogP contribution in [0.2, 0.25) is 5.02 Å². The highest BCUT2D eigenvalue weighted by Crippen LogP contribution is 2.28. The zero-order chi connectivity index (χ0) is 17.8. The highest BCUT2D eigenvalue weighted by molar-refractivity contribution is 6.31. The molecule has 1 aromatic rings. The average molecular weight is 345 g/mol. The minimum atomic E-state index is -0.747. The normalized spacial score (nSPS) is 13.6. The summed E-state index contributed by atoms with van der Waals surface area (Å²) in [5.41, 5.74) is -0.328. The van der Waals surface area contributed by atoms with Gasteiger partial charge in [0.2, 0.25) is 0 Å². The van der Waals surface area contributed by atoms with Crippen LogP contribution in [0.4, 0.5) is 9.18 Å². The van der Waals surface area contributed by atoms with Crippen LogP contribution in [0.5, 0.6) is 0 Å². The van der Waals surface area contributed by atoms with Crippen LogP contribution in [0, 0.1) is 11.2 Å². The van der Waals surface area contributed by atoms with Crippen molar-refractivity contribution in [3.63, 3.8) is 0 Å². The standard InChI is InChI=1S/C17H26ClFN2O2/c1-11(22)9-16(2,3)10-20-15(23)21-17(4,5)13-7-6-12(19)8-14(13)18/h6-8,11,22H,9-10H2,1-5H3,(H2,20,21,23). The van der Waals surface area contributed by atoms with Gasteiger partial charge in [-0.25, -0.2) is 9.18 Å². The van der Waals surface area contributed by atoms with E-state index in [9.17, 15) is 14.3 Å². The van der Waals surface area contributed by atoms with E-state index in [-0.39, 0.29) is 16.5 Å². The summed E-state index contributed by atoms with van der Waals surface area (Å²) in [6.07, 6.45) is 0.157. The molecule has 0 radical (unpaired) electrons. The van der Waals surface area contributed by atoms with Gasteiger partial charge in [-0.1, -0.05) is 31.5 Å². The quantitative estimate of drug-likeness (QED) is 0.734. The van der Waals surface area contributed by atoms with E-state index in [2.05, 4.69) is 10.6 Å². The molecule has 1 atom stereocenters. The predicted octanol–water partition coefficient (Wildman–Crippen LogP) is 3.81. The maximum absolute atomic E-state index is 13.1. The first-order chi connectivity index (χ1) is 10.4. The smallest absolute Gasteiger partial charge is 0.315 e. The molecule has 6 heteroatoms. The van der Waals surface area contributed by atoms with Crippen molar-refractivity contribution in [2.24, 2.45) is 5.41 Å². The lowest BCUT2D eigenvalue weighted by Gasteiger charge is -2.30. The molecule has 0 aromatic heterocycles. The average Bonchev–Trinajstić information content (AvgIpc) is 2.34. The highest BCUT2D eigenvalue weighted by atomic mass is 35.5. The molecule has 0 saturated heterocycles. The maximum atomic E-state index is 13.1. The minimum absolute atomic E-state index is 0.219. The van der Waals surface area contributed by atoms with Gasteiger partial charge in [-0.05, 0) is 50.3 Å². The maximum Gasteiger partial charge on any atom is 0.315 e. The molecule has 0 aliphatic rings. The molecular weight excluding hydrogens is 319 g/mol. The van der Waals surface area contributed by atoms with Crippen molar-refractivity contribution in [3.8, 4) is 0 Å². The third-order valence-corrected chi connectivity index (χ3v) is 3.92. The van der Waals surface area contributed by atoms with Gasteiger partial charge in [0.25, 0.3) is 0 Å². The van der Waals surface area contributed by atoms with E-state index in [1.807, 2.05) is 13.8 Å². The highest BCUT2D eigenvalue weighted by Gasteiger charge is 2.27. The molecule has 1 aromatic carbocycles. The SMILES string of the molecule is CC(O)CC(C)(C)CNC(=O)NC(C)(C)c1ccc(F)cc1Cl. The molecular formula is C17H26ClFN2O2. The summed E-state index contributed by atoms with van der Waals surface area (Å²) >= 11 is 6.06. The van der Waals surface area contributed by atoms with Crippen molar-refractivity contribution in [1.82, 2.24) is 10.6 Å². The van der Waals surface area contributed by atoms with Crippen LogP contribution < -0.4 is 10.6 Å². The van der Waals surface area contributed by atoms with Crippen LogP contribution in [0.3, 0.4) is 0 Å². The number of benzene rings is 1.